The summed E-state index contributed by atoms with van der Waals surface area (Å²) in [7, 11) is 3.30. The second kappa shape index (κ2) is 6.64. The summed E-state index contributed by atoms with van der Waals surface area (Å²) in [5, 5.41) is 0. The summed E-state index contributed by atoms with van der Waals surface area (Å²) in [5.74, 6) is 0.296. The molecule has 0 radical (unpaired) electrons. The topological polar surface area (TPSA) is 52.6 Å². The molecule has 0 amide bonds. The highest BCUT2D eigenvalue weighted by atomic mass is 79.9. The number of methoxy groups -OCH3 is 1. The lowest BCUT2D eigenvalue weighted by Crippen LogP contribution is -2.29. The summed E-state index contributed by atoms with van der Waals surface area (Å²) < 4.78 is 35.0. The van der Waals surface area contributed by atoms with Gasteiger partial charge in [-0.3, -0.25) is 0 Å². The maximum absolute atomic E-state index is 11.6. The molecule has 2 atom stereocenters. The fourth-order valence-corrected chi connectivity index (χ4v) is 3.87. The molecular formula is C13H16BrClO4S. The quantitative estimate of drug-likeness (QED) is 0.744. The fourth-order valence-electron chi connectivity index (χ4n) is 2.37. The van der Waals surface area contributed by atoms with Crippen molar-refractivity contribution in [1.29, 1.82) is 0 Å². The number of ether oxygens (including phenoxy) is 2. The molecule has 7 heteroatoms. The van der Waals surface area contributed by atoms with E-state index in [9.17, 15) is 8.42 Å². The van der Waals surface area contributed by atoms with Crippen molar-refractivity contribution in [3.8, 4) is 5.75 Å². The molecule has 2 rings (SSSR count). The molecule has 4 nitrogen and oxygen atoms in total. The van der Waals surface area contributed by atoms with E-state index in [2.05, 4.69) is 15.9 Å². The predicted octanol–water partition coefficient (Wildman–Crippen LogP) is 3.71. The fraction of sp³-hybridized carbons (Fsp3) is 0.538. The highest BCUT2D eigenvalue weighted by Gasteiger charge is 2.25. The Kier molecular flexibility index (Phi) is 5.34. The van der Waals surface area contributed by atoms with Gasteiger partial charge in [-0.15, -0.1) is 0 Å². The van der Waals surface area contributed by atoms with Crippen LogP contribution in [0.2, 0.25) is 0 Å². The van der Waals surface area contributed by atoms with Gasteiger partial charge in [0, 0.05) is 28.7 Å². The third kappa shape index (κ3) is 4.10. The lowest BCUT2D eigenvalue weighted by molar-refractivity contribution is 0.0200. The summed E-state index contributed by atoms with van der Waals surface area (Å²) in [6.07, 6.45) is 3.78. The summed E-state index contributed by atoms with van der Waals surface area (Å²) in [6.45, 7) is 0. The molecule has 112 valence electrons. The average Bonchev–Trinajstić information content (AvgIpc) is 2.40. The Morgan fingerprint density at radius 1 is 1.30 bits per heavy atom. The normalized spacial score (nSPS) is 23.6. The summed E-state index contributed by atoms with van der Waals surface area (Å²) >= 11 is 3.24. The van der Waals surface area contributed by atoms with E-state index >= 15 is 0 Å². The third-order valence-electron chi connectivity index (χ3n) is 3.37. The van der Waals surface area contributed by atoms with Gasteiger partial charge in [0.25, 0.3) is 9.05 Å². The zero-order valence-electron chi connectivity index (χ0n) is 11.0. The van der Waals surface area contributed by atoms with Gasteiger partial charge in [-0.1, -0.05) is 15.9 Å². The van der Waals surface area contributed by atoms with Crippen LogP contribution in [0.4, 0.5) is 0 Å². The molecule has 2 unspecified atom stereocenters. The third-order valence-corrected chi connectivity index (χ3v) is 5.21. The molecule has 1 aromatic rings. The summed E-state index contributed by atoms with van der Waals surface area (Å²) in [4.78, 5) is -0.00641. The van der Waals surface area contributed by atoms with Gasteiger partial charge < -0.3 is 9.47 Å². The Hall–Kier alpha value is -0.300. The van der Waals surface area contributed by atoms with E-state index in [1.54, 1.807) is 19.2 Å². The van der Waals surface area contributed by atoms with Crippen LogP contribution in [0.1, 0.15) is 25.7 Å². The van der Waals surface area contributed by atoms with Crippen LogP contribution < -0.4 is 4.74 Å². The average molecular weight is 384 g/mol. The van der Waals surface area contributed by atoms with Gasteiger partial charge in [0.15, 0.2) is 0 Å². The smallest absolute Gasteiger partial charge is 0.265 e. The van der Waals surface area contributed by atoms with E-state index in [0.717, 1.165) is 25.7 Å². The van der Waals surface area contributed by atoms with Gasteiger partial charge >= 0.3 is 0 Å². The van der Waals surface area contributed by atoms with E-state index in [1.165, 1.54) is 6.07 Å². The highest BCUT2D eigenvalue weighted by Crippen LogP contribution is 2.33. The molecule has 0 spiro atoms. The molecule has 0 bridgehead atoms. The Labute approximate surface area is 132 Å². The van der Waals surface area contributed by atoms with E-state index in [1.807, 2.05) is 0 Å². The van der Waals surface area contributed by atoms with Crippen LogP contribution in [0, 0.1) is 0 Å². The number of benzene rings is 1. The van der Waals surface area contributed by atoms with E-state index in [-0.39, 0.29) is 17.1 Å². The van der Waals surface area contributed by atoms with Gasteiger partial charge in [-0.2, -0.15) is 0 Å². The molecule has 1 fully saturated rings. The van der Waals surface area contributed by atoms with Gasteiger partial charge in [-0.05, 0) is 37.5 Å². The lowest BCUT2D eigenvalue weighted by atomic mass is 9.95. The Morgan fingerprint density at radius 2 is 2.00 bits per heavy atom. The first kappa shape index (κ1) is 16.1. The Bertz CT molecular complexity index is 576. The molecule has 1 aliphatic carbocycles. The molecule has 1 aliphatic rings. The second-order valence-corrected chi connectivity index (χ2v) is 8.24. The van der Waals surface area contributed by atoms with Crippen molar-refractivity contribution in [2.75, 3.05) is 7.11 Å². The minimum Gasteiger partial charge on any atom is -0.489 e. The largest absolute Gasteiger partial charge is 0.489 e. The Morgan fingerprint density at radius 3 is 2.65 bits per heavy atom. The molecule has 0 heterocycles. The SMILES string of the molecule is COC1CCCC(Oc2ccc(Br)cc2S(=O)(=O)Cl)C1. The van der Waals surface area contributed by atoms with Crippen LogP contribution >= 0.6 is 26.6 Å². The van der Waals surface area contributed by atoms with E-state index < -0.39 is 9.05 Å². The van der Waals surface area contributed by atoms with E-state index in [0.29, 0.717) is 10.2 Å². The van der Waals surface area contributed by atoms with Crippen LogP contribution in [0.5, 0.6) is 5.75 Å². The molecule has 1 saturated carbocycles. The van der Waals surface area contributed by atoms with Crippen LogP contribution in [0.3, 0.4) is 0 Å². The number of rotatable bonds is 4. The number of halogens is 2. The standard InChI is InChI=1S/C13H16BrClO4S/c1-18-10-3-2-4-11(8-10)19-12-6-5-9(14)7-13(12)20(15,16)17/h5-7,10-11H,2-4,8H2,1H3. The van der Waals surface area contributed by atoms with Crippen LogP contribution in [0.25, 0.3) is 0 Å². The minimum absolute atomic E-state index is 0.00641. The van der Waals surface area contributed by atoms with Crippen molar-refractivity contribution < 1.29 is 17.9 Å². The molecule has 1 aromatic carbocycles. The molecule has 0 aliphatic heterocycles. The van der Waals surface area contributed by atoms with Crippen molar-refractivity contribution in [2.45, 2.75) is 42.8 Å². The van der Waals surface area contributed by atoms with Crippen molar-refractivity contribution in [1.82, 2.24) is 0 Å². The van der Waals surface area contributed by atoms with Gasteiger partial charge in [0.2, 0.25) is 0 Å². The number of hydrogen-bond acceptors (Lipinski definition) is 4. The molecule has 0 aromatic heterocycles. The zero-order chi connectivity index (χ0) is 14.8. The zero-order valence-corrected chi connectivity index (χ0v) is 14.2. The monoisotopic (exact) mass is 382 g/mol. The molecule has 0 saturated heterocycles. The van der Waals surface area contributed by atoms with Crippen LogP contribution in [-0.4, -0.2) is 27.7 Å². The summed E-state index contributed by atoms with van der Waals surface area (Å²) in [6, 6.07) is 4.81. The van der Waals surface area contributed by atoms with Gasteiger partial charge in [0.05, 0.1) is 6.10 Å². The minimum atomic E-state index is -3.84. The first-order valence-electron chi connectivity index (χ1n) is 6.34. The highest BCUT2D eigenvalue weighted by molar-refractivity contribution is 9.10. The molecule has 0 N–H and O–H groups in total. The van der Waals surface area contributed by atoms with Gasteiger partial charge in [-0.25, -0.2) is 8.42 Å². The second-order valence-electron chi connectivity index (χ2n) is 4.79. The van der Waals surface area contributed by atoms with Crippen LogP contribution in [-0.2, 0) is 13.8 Å². The first-order chi connectivity index (χ1) is 9.40. The van der Waals surface area contributed by atoms with Crippen molar-refractivity contribution in [2.24, 2.45) is 0 Å². The molecular weight excluding hydrogens is 368 g/mol. The lowest BCUT2D eigenvalue weighted by Gasteiger charge is -2.29. The maximum Gasteiger partial charge on any atom is 0.265 e. The van der Waals surface area contributed by atoms with E-state index in [4.69, 9.17) is 20.2 Å². The van der Waals surface area contributed by atoms with Crippen molar-refractivity contribution in [3.63, 3.8) is 0 Å². The number of hydrogen-bond donors (Lipinski definition) is 0. The van der Waals surface area contributed by atoms with Crippen LogP contribution in [0.15, 0.2) is 27.6 Å². The first-order valence-corrected chi connectivity index (χ1v) is 9.44. The van der Waals surface area contributed by atoms with Crippen molar-refractivity contribution >= 4 is 35.7 Å². The maximum atomic E-state index is 11.6. The summed E-state index contributed by atoms with van der Waals surface area (Å²) in [5.41, 5.74) is 0. The van der Waals surface area contributed by atoms with Crippen molar-refractivity contribution in [3.05, 3.63) is 22.7 Å². The Balaban J connectivity index is 2.21. The van der Waals surface area contributed by atoms with Gasteiger partial charge in [0.1, 0.15) is 16.7 Å². The molecule has 20 heavy (non-hydrogen) atoms. The predicted molar refractivity (Wildman–Crippen MR) is 80.9 cm³/mol.